The van der Waals surface area contributed by atoms with E-state index >= 15 is 0 Å². The number of benzene rings is 4. The Bertz CT molecular complexity index is 1700. The summed E-state index contributed by atoms with van der Waals surface area (Å²) < 4.78 is 18.5. The maximum atomic E-state index is 3.92. The average Bonchev–Trinajstić information content (AvgIpc) is 3.10. The summed E-state index contributed by atoms with van der Waals surface area (Å²) in [6.45, 7) is 0. The van der Waals surface area contributed by atoms with Crippen molar-refractivity contribution in [3.05, 3.63) is 123 Å². The van der Waals surface area contributed by atoms with Gasteiger partial charge in [-0.25, -0.2) is 0 Å². The Balaban J connectivity index is 2.18. The van der Waals surface area contributed by atoms with Crippen molar-refractivity contribution in [3.63, 3.8) is 0 Å². The molecule has 0 radical (unpaired) electrons. The maximum Gasteiger partial charge on any atom is 0.0482 e. The van der Waals surface area contributed by atoms with E-state index in [0.29, 0.717) is 25.7 Å². The fraction of sp³-hybridized carbons (Fsp3) is 0.133. The second-order valence-corrected chi connectivity index (χ2v) is 26.0. The standard InChI is InChI=1S/C30H8Br20/c31-11-7(12(32)20(40)27(47)19(11)39)1-5(2-8-13(33)21(41)28(48)22(42)14(8)34)6(3-9-15(35)23(43)29(49)24(44)16(9)36)4-10-17(37)25(45)30(50)26(46)18(10)38/h1-4H2. The molecule has 4 aromatic carbocycles. The fourth-order valence-electron chi connectivity index (χ4n) is 4.70. The van der Waals surface area contributed by atoms with Gasteiger partial charge in [0.1, 0.15) is 0 Å². The summed E-state index contributed by atoms with van der Waals surface area (Å²) in [4.78, 5) is 0. The van der Waals surface area contributed by atoms with Crippen molar-refractivity contribution in [1.82, 2.24) is 0 Å². The van der Waals surface area contributed by atoms with Crippen molar-refractivity contribution in [2.24, 2.45) is 0 Å². The van der Waals surface area contributed by atoms with Crippen molar-refractivity contribution < 1.29 is 0 Å². The van der Waals surface area contributed by atoms with Gasteiger partial charge in [-0.2, -0.15) is 0 Å². The fourth-order valence-corrected chi connectivity index (χ4v) is 18.3. The maximum absolute atomic E-state index is 3.92. The normalized spacial score (nSPS) is 11.5. The summed E-state index contributed by atoms with van der Waals surface area (Å²) in [6, 6.07) is 0. The van der Waals surface area contributed by atoms with E-state index in [1.54, 1.807) is 0 Å². The van der Waals surface area contributed by atoms with Crippen LogP contribution in [-0.4, -0.2) is 0 Å². The SMILES string of the molecule is Brc1c(Br)c(Br)c(CC(Cc2c(Br)c(Br)c(Br)c(Br)c2Br)=C(Cc2c(Br)c(Br)c(Br)c(Br)c2Br)Cc2c(Br)c(Br)c(Br)c(Br)c2Br)c(Br)c1Br. The van der Waals surface area contributed by atoms with Crippen LogP contribution in [-0.2, 0) is 25.7 Å². The van der Waals surface area contributed by atoms with Gasteiger partial charge in [0.2, 0.25) is 0 Å². The molecule has 4 rings (SSSR count). The molecule has 0 amide bonds. The zero-order chi connectivity index (χ0) is 37.8. The number of allylic oxidation sites excluding steroid dienone is 2. The van der Waals surface area contributed by atoms with Crippen LogP contribution in [0, 0.1) is 0 Å². The number of halogens is 20. The molecule has 0 aromatic heterocycles. The summed E-state index contributed by atoms with van der Waals surface area (Å²) in [5, 5.41) is 0. The van der Waals surface area contributed by atoms with Gasteiger partial charge < -0.3 is 0 Å². The summed E-state index contributed by atoms with van der Waals surface area (Å²) >= 11 is 76.7. The molecular weight excluding hydrogens is 1960 g/mol. The molecule has 0 aliphatic carbocycles. The van der Waals surface area contributed by atoms with Crippen LogP contribution in [0.15, 0.2) is 101 Å². The van der Waals surface area contributed by atoms with E-state index in [1.165, 1.54) is 11.1 Å². The van der Waals surface area contributed by atoms with Crippen LogP contribution in [0.5, 0.6) is 0 Å². The zero-order valence-corrected chi connectivity index (χ0v) is 55.1. The quantitative estimate of drug-likeness (QED) is 0.0937. The van der Waals surface area contributed by atoms with Gasteiger partial charge in [-0.15, -0.1) is 0 Å². The van der Waals surface area contributed by atoms with Gasteiger partial charge in [0, 0.05) is 89.5 Å². The van der Waals surface area contributed by atoms with Crippen LogP contribution < -0.4 is 0 Å². The van der Waals surface area contributed by atoms with Gasteiger partial charge in [-0.1, -0.05) is 11.1 Å². The molecule has 4 aromatic rings. The van der Waals surface area contributed by atoms with Crippen LogP contribution in [0.25, 0.3) is 0 Å². The predicted molar refractivity (Wildman–Crippen MR) is 282 cm³/mol. The molecule has 0 N–H and O–H groups in total. The first-order chi connectivity index (χ1) is 23.1. The Labute approximate surface area is 457 Å². The Morgan fingerprint density at radius 1 is 0.180 bits per heavy atom. The van der Waals surface area contributed by atoms with Crippen molar-refractivity contribution in [2.75, 3.05) is 0 Å². The van der Waals surface area contributed by atoms with Gasteiger partial charge in [0.15, 0.2) is 0 Å². The first-order valence-electron chi connectivity index (χ1n) is 12.9. The molecule has 0 spiro atoms. The van der Waals surface area contributed by atoms with E-state index in [4.69, 9.17) is 0 Å². The second-order valence-electron chi connectivity index (χ2n) is 10.1. The van der Waals surface area contributed by atoms with E-state index in [9.17, 15) is 0 Å². The van der Waals surface area contributed by atoms with E-state index in [2.05, 4.69) is 319 Å². The highest BCUT2D eigenvalue weighted by Crippen LogP contribution is 2.51. The van der Waals surface area contributed by atoms with Crippen LogP contribution in [0.2, 0.25) is 0 Å². The van der Waals surface area contributed by atoms with E-state index in [-0.39, 0.29) is 0 Å². The molecule has 0 fully saturated rings. The second kappa shape index (κ2) is 20.9. The number of hydrogen-bond acceptors (Lipinski definition) is 0. The van der Waals surface area contributed by atoms with E-state index < -0.39 is 0 Å². The van der Waals surface area contributed by atoms with Crippen molar-refractivity contribution >= 4 is 319 Å². The van der Waals surface area contributed by atoms with Crippen LogP contribution in [0.3, 0.4) is 0 Å². The highest BCUT2D eigenvalue weighted by Gasteiger charge is 2.27. The van der Waals surface area contributed by atoms with Crippen LogP contribution in [0.4, 0.5) is 0 Å². The van der Waals surface area contributed by atoms with E-state index in [0.717, 1.165) is 112 Å². The third kappa shape index (κ3) is 10.3. The van der Waals surface area contributed by atoms with E-state index in [1.807, 2.05) is 0 Å². The highest BCUT2D eigenvalue weighted by molar-refractivity contribution is 9.18. The van der Waals surface area contributed by atoms with Crippen LogP contribution >= 0.6 is 319 Å². The molecule has 50 heavy (non-hydrogen) atoms. The Hall–Kier alpha value is 6.22. The molecule has 0 bridgehead atoms. The summed E-state index contributed by atoms with van der Waals surface area (Å²) in [6.07, 6.45) is 2.42. The van der Waals surface area contributed by atoms with Gasteiger partial charge in [-0.3, -0.25) is 0 Å². The molecule has 20 heteroatoms. The lowest BCUT2D eigenvalue weighted by Crippen LogP contribution is -2.10. The zero-order valence-electron chi connectivity index (χ0n) is 23.4. The van der Waals surface area contributed by atoms with Crippen LogP contribution in [0.1, 0.15) is 22.3 Å². The molecule has 0 aliphatic heterocycles. The van der Waals surface area contributed by atoms with Crippen molar-refractivity contribution in [1.29, 1.82) is 0 Å². The average molecular weight is 1970 g/mol. The minimum absolute atomic E-state index is 0.605. The lowest BCUT2D eigenvalue weighted by Gasteiger charge is -2.24. The summed E-state index contributed by atoms with van der Waals surface area (Å²) in [5.41, 5.74) is 6.73. The molecule has 268 valence electrons. The number of rotatable bonds is 8. The number of hydrogen-bond donors (Lipinski definition) is 0. The Kier molecular flexibility index (Phi) is 20.4. The first-order valence-corrected chi connectivity index (χ1v) is 28.7. The third-order valence-corrected chi connectivity index (χ3v) is 32.3. The van der Waals surface area contributed by atoms with Crippen molar-refractivity contribution in [3.8, 4) is 0 Å². The molecular formula is C30H8Br20. The largest absolute Gasteiger partial charge is 0.0614 e. The van der Waals surface area contributed by atoms with Gasteiger partial charge >= 0.3 is 0 Å². The van der Waals surface area contributed by atoms with Gasteiger partial charge in [0.25, 0.3) is 0 Å². The first kappa shape index (κ1) is 48.9. The lowest BCUT2D eigenvalue weighted by atomic mass is 9.87. The summed E-state index contributed by atoms with van der Waals surface area (Å²) in [7, 11) is 0. The molecule has 0 atom stereocenters. The Morgan fingerprint density at radius 2 is 0.280 bits per heavy atom. The monoisotopic (exact) mass is 1950 g/mol. The topological polar surface area (TPSA) is 0 Å². The molecule has 0 heterocycles. The van der Waals surface area contributed by atoms with Crippen molar-refractivity contribution in [2.45, 2.75) is 25.7 Å². The molecule has 0 nitrogen and oxygen atoms in total. The Morgan fingerprint density at radius 3 is 0.400 bits per heavy atom. The highest BCUT2D eigenvalue weighted by atomic mass is 79.9. The third-order valence-electron chi connectivity index (χ3n) is 7.26. The molecule has 0 aliphatic rings. The molecule has 0 saturated heterocycles. The minimum atomic E-state index is 0.605. The predicted octanol–water partition coefficient (Wildman–Crippen LogP) is 22.5. The molecule has 0 unspecified atom stereocenters. The smallest absolute Gasteiger partial charge is 0.0482 e. The van der Waals surface area contributed by atoms with Gasteiger partial charge in [0.05, 0.1) is 0 Å². The van der Waals surface area contributed by atoms with Gasteiger partial charge in [-0.05, 0) is 367 Å². The minimum Gasteiger partial charge on any atom is -0.0614 e. The summed E-state index contributed by atoms with van der Waals surface area (Å²) in [5.74, 6) is 0. The lowest BCUT2D eigenvalue weighted by molar-refractivity contribution is 0.898. The molecule has 0 saturated carbocycles.